The van der Waals surface area contributed by atoms with Crippen molar-refractivity contribution in [2.24, 2.45) is 12.8 Å². The molecule has 0 aromatic carbocycles. The fourth-order valence-corrected chi connectivity index (χ4v) is 3.22. The average Bonchev–Trinajstić information content (AvgIpc) is 2.70. The van der Waals surface area contributed by atoms with Crippen LogP contribution < -0.4 is 5.73 Å². The van der Waals surface area contributed by atoms with E-state index in [1.54, 1.807) is 6.33 Å². The highest BCUT2D eigenvalue weighted by atomic mass is 15.0. The maximum atomic E-state index is 6.64. The van der Waals surface area contributed by atoms with Gasteiger partial charge < -0.3 is 10.3 Å². The SMILES string of the molecule is Cc1ncnc2c(C3(N)CCCCC3)cn(C)c12. The Morgan fingerprint density at radius 3 is 2.67 bits per heavy atom. The molecule has 96 valence electrons. The summed E-state index contributed by atoms with van der Waals surface area (Å²) in [6, 6.07) is 0. The molecular formula is C14H20N4. The molecule has 4 nitrogen and oxygen atoms in total. The van der Waals surface area contributed by atoms with Crippen molar-refractivity contribution in [3.63, 3.8) is 0 Å². The van der Waals surface area contributed by atoms with Crippen LogP contribution in [0.2, 0.25) is 0 Å². The van der Waals surface area contributed by atoms with Crippen LogP contribution in [0.3, 0.4) is 0 Å². The Morgan fingerprint density at radius 2 is 1.94 bits per heavy atom. The van der Waals surface area contributed by atoms with Gasteiger partial charge in [-0.3, -0.25) is 0 Å². The van der Waals surface area contributed by atoms with Gasteiger partial charge in [0.25, 0.3) is 0 Å². The Bertz CT molecular complexity index is 579. The van der Waals surface area contributed by atoms with Gasteiger partial charge in [0.05, 0.1) is 16.7 Å². The number of hydrogen-bond donors (Lipinski definition) is 1. The summed E-state index contributed by atoms with van der Waals surface area (Å²) in [4.78, 5) is 8.75. The van der Waals surface area contributed by atoms with Crippen molar-refractivity contribution in [2.75, 3.05) is 0 Å². The second-order valence-electron chi connectivity index (χ2n) is 5.53. The molecule has 1 saturated carbocycles. The van der Waals surface area contributed by atoms with Gasteiger partial charge in [-0.2, -0.15) is 0 Å². The molecular weight excluding hydrogens is 224 g/mol. The maximum Gasteiger partial charge on any atom is 0.116 e. The van der Waals surface area contributed by atoms with Crippen LogP contribution in [0.5, 0.6) is 0 Å². The number of rotatable bonds is 1. The molecule has 0 atom stereocenters. The number of aryl methyl sites for hydroxylation is 2. The van der Waals surface area contributed by atoms with E-state index >= 15 is 0 Å². The molecule has 4 heteroatoms. The maximum absolute atomic E-state index is 6.64. The first-order valence-electron chi connectivity index (χ1n) is 6.68. The summed E-state index contributed by atoms with van der Waals surface area (Å²) in [5, 5.41) is 0. The third kappa shape index (κ3) is 1.63. The van der Waals surface area contributed by atoms with Crippen LogP contribution in [-0.4, -0.2) is 14.5 Å². The van der Waals surface area contributed by atoms with E-state index in [0.717, 1.165) is 29.6 Å². The van der Waals surface area contributed by atoms with Crippen molar-refractivity contribution in [2.45, 2.75) is 44.6 Å². The Hall–Kier alpha value is -1.42. The number of fused-ring (bicyclic) bond motifs is 1. The molecule has 0 unspecified atom stereocenters. The summed E-state index contributed by atoms with van der Waals surface area (Å²) in [5.41, 5.74) is 10.8. The van der Waals surface area contributed by atoms with Crippen LogP contribution in [0.1, 0.15) is 43.4 Å². The van der Waals surface area contributed by atoms with Crippen LogP contribution in [0, 0.1) is 6.92 Å². The highest BCUT2D eigenvalue weighted by molar-refractivity contribution is 5.82. The van der Waals surface area contributed by atoms with E-state index < -0.39 is 0 Å². The Morgan fingerprint density at radius 1 is 1.22 bits per heavy atom. The Balaban J connectivity index is 2.21. The monoisotopic (exact) mass is 244 g/mol. The molecule has 1 aliphatic rings. The van der Waals surface area contributed by atoms with Gasteiger partial charge in [-0.05, 0) is 19.8 Å². The van der Waals surface area contributed by atoms with E-state index in [-0.39, 0.29) is 5.54 Å². The second-order valence-corrected chi connectivity index (χ2v) is 5.53. The predicted octanol–water partition coefficient (Wildman–Crippen LogP) is 2.39. The summed E-state index contributed by atoms with van der Waals surface area (Å²) in [5.74, 6) is 0. The van der Waals surface area contributed by atoms with Crippen LogP contribution >= 0.6 is 0 Å². The van der Waals surface area contributed by atoms with Crippen LogP contribution in [-0.2, 0) is 12.6 Å². The van der Waals surface area contributed by atoms with Crippen molar-refractivity contribution in [1.29, 1.82) is 0 Å². The quantitative estimate of drug-likeness (QED) is 0.838. The fourth-order valence-electron chi connectivity index (χ4n) is 3.22. The standard InChI is InChI=1S/C14H20N4/c1-10-13-12(17-9-16-10)11(8-18(13)2)14(15)6-4-3-5-7-14/h8-9H,3-7,15H2,1-2H3. The Labute approximate surface area is 107 Å². The van der Waals surface area contributed by atoms with Crippen LogP contribution in [0.4, 0.5) is 0 Å². The molecule has 0 aliphatic heterocycles. The molecule has 2 heterocycles. The molecule has 1 aliphatic carbocycles. The number of nitrogens with two attached hydrogens (primary N) is 1. The van der Waals surface area contributed by atoms with Gasteiger partial charge in [-0.1, -0.05) is 19.3 Å². The lowest BCUT2D eigenvalue weighted by molar-refractivity contribution is 0.304. The normalized spacial score (nSPS) is 19.3. The lowest BCUT2D eigenvalue weighted by Crippen LogP contribution is -2.38. The van der Waals surface area contributed by atoms with Crippen molar-refractivity contribution >= 4 is 11.0 Å². The fraction of sp³-hybridized carbons (Fsp3) is 0.571. The lowest BCUT2D eigenvalue weighted by atomic mass is 9.78. The summed E-state index contributed by atoms with van der Waals surface area (Å²) >= 11 is 0. The summed E-state index contributed by atoms with van der Waals surface area (Å²) in [7, 11) is 2.05. The zero-order valence-corrected chi connectivity index (χ0v) is 11.1. The molecule has 0 amide bonds. The molecule has 1 fully saturated rings. The molecule has 2 aromatic heterocycles. The van der Waals surface area contributed by atoms with E-state index in [4.69, 9.17) is 5.73 Å². The topological polar surface area (TPSA) is 56.7 Å². The van der Waals surface area contributed by atoms with Crippen molar-refractivity contribution in [1.82, 2.24) is 14.5 Å². The van der Waals surface area contributed by atoms with E-state index in [2.05, 4.69) is 20.7 Å². The molecule has 2 aromatic rings. The Kier molecular flexibility index (Phi) is 2.63. The van der Waals surface area contributed by atoms with Crippen LogP contribution in [0.25, 0.3) is 11.0 Å². The minimum Gasteiger partial charge on any atom is -0.347 e. The first-order valence-corrected chi connectivity index (χ1v) is 6.68. The van der Waals surface area contributed by atoms with E-state index in [1.165, 1.54) is 24.8 Å². The molecule has 3 rings (SSSR count). The van der Waals surface area contributed by atoms with Gasteiger partial charge in [0.1, 0.15) is 6.33 Å². The highest BCUT2D eigenvalue weighted by Crippen LogP contribution is 2.38. The molecule has 0 radical (unpaired) electrons. The smallest absolute Gasteiger partial charge is 0.116 e. The van der Waals surface area contributed by atoms with E-state index in [1.807, 2.05) is 14.0 Å². The molecule has 0 bridgehead atoms. The van der Waals surface area contributed by atoms with Crippen LogP contribution in [0.15, 0.2) is 12.5 Å². The van der Waals surface area contributed by atoms with Crippen molar-refractivity contribution < 1.29 is 0 Å². The largest absolute Gasteiger partial charge is 0.347 e. The van der Waals surface area contributed by atoms with E-state index in [9.17, 15) is 0 Å². The highest BCUT2D eigenvalue weighted by Gasteiger charge is 2.33. The zero-order chi connectivity index (χ0) is 12.8. The minimum atomic E-state index is -0.196. The van der Waals surface area contributed by atoms with E-state index in [0.29, 0.717) is 0 Å². The van der Waals surface area contributed by atoms with Crippen molar-refractivity contribution in [3.8, 4) is 0 Å². The number of nitrogens with zero attached hydrogens (tertiary/aromatic N) is 3. The molecule has 2 N–H and O–H groups in total. The molecule has 0 saturated heterocycles. The third-order valence-electron chi connectivity index (χ3n) is 4.22. The number of hydrogen-bond acceptors (Lipinski definition) is 3. The minimum absolute atomic E-state index is 0.196. The molecule has 18 heavy (non-hydrogen) atoms. The zero-order valence-electron chi connectivity index (χ0n) is 11.1. The summed E-state index contributed by atoms with van der Waals surface area (Å²) < 4.78 is 2.11. The summed E-state index contributed by atoms with van der Waals surface area (Å²) in [6.45, 7) is 2.03. The number of aromatic nitrogens is 3. The van der Waals surface area contributed by atoms with Gasteiger partial charge in [0, 0.05) is 24.3 Å². The third-order valence-corrected chi connectivity index (χ3v) is 4.22. The summed E-state index contributed by atoms with van der Waals surface area (Å²) in [6.07, 6.45) is 9.67. The first-order chi connectivity index (χ1) is 8.62. The van der Waals surface area contributed by atoms with Gasteiger partial charge in [0.15, 0.2) is 0 Å². The van der Waals surface area contributed by atoms with Gasteiger partial charge in [-0.15, -0.1) is 0 Å². The van der Waals surface area contributed by atoms with Gasteiger partial charge in [-0.25, -0.2) is 9.97 Å². The second kappa shape index (κ2) is 4.05. The predicted molar refractivity (Wildman–Crippen MR) is 72.2 cm³/mol. The lowest BCUT2D eigenvalue weighted by Gasteiger charge is -2.33. The first kappa shape index (κ1) is 11.7. The van der Waals surface area contributed by atoms with Gasteiger partial charge in [0.2, 0.25) is 0 Å². The van der Waals surface area contributed by atoms with Crippen molar-refractivity contribution in [3.05, 3.63) is 23.8 Å². The average molecular weight is 244 g/mol. The van der Waals surface area contributed by atoms with Gasteiger partial charge >= 0.3 is 0 Å². The molecule has 0 spiro atoms.